The minimum atomic E-state index is -0.945. The second-order valence-electron chi connectivity index (χ2n) is 4.35. The maximum absolute atomic E-state index is 10.6. The highest BCUT2D eigenvalue weighted by Crippen LogP contribution is 2.22. The summed E-state index contributed by atoms with van der Waals surface area (Å²) in [5, 5.41) is 8.69. The van der Waals surface area contributed by atoms with Crippen molar-refractivity contribution in [2.45, 2.75) is 13.3 Å². The first-order valence-electron chi connectivity index (χ1n) is 5.93. The van der Waals surface area contributed by atoms with Crippen molar-refractivity contribution in [1.29, 1.82) is 0 Å². The Hall–Kier alpha value is -2.10. The SMILES string of the molecule is CC1=CCCN(c2ncccc2/C=C/C(=O)O)C1. The zero-order valence-electron chi connectivity index (χ0n) is 10.3. The molecule has 1 aliphatic heterocycles. The van der Waals surface area contributed by atoms with Crippen molar-refractivity contribution in [3.63, 3.8) is 0 Å². The fraction of sp³-hybridized carbons (Fsp3) is 0.286. The van der Waals surface area contributed by atoms with Gasteiger partial charge < -0.3 is 10.0 Å². The molecule has 18 heavy (non-hydrogen) atoms. The van der Waals surface area contributed by atoms with Crippen molar-refractivity contribution < 1.29 is 9.90 Å². The summed E-state index contributed by atoms with van der Waals surface area (Å²) < 4.78 is 0. The number of anilines is 1. The van der Waals surface area contributed by atoms with Gasteiger partial charge in [0.2, 0.25) is 0 Å². The van der Waals surface area contributed by atoms with Crippen LogP contribution in [0.5, 0.6) is 0 Å². The number of aromatic nitrogens is 1. The van der Waals surface area contributed by atoms with E-state index in [1.807, 2.05) is 12.1 Å². The predicted octanol–water partition coefficient (Wildman–Crippen LogP) is 2.34. The molecule has 2 rings (SSSR count). The summed E-state index contributed by atoms with van der Waals surface area (Å²) in [6, 6.07) is 3.70. The second-order valence-corrected chi connectivity index (χ2v) is 4.35. The first-order chi connectivity index (χ1) is 8.66. The Balaban J connectivity index is 2.27. The number of nitrogens with zero attached hydrogens (tertiary/aromatic N) is 2. The molecule has 0 aliphatic carbocycles. The van der Waals surface area contributed by atoms with Gasteiger partial charge in [-0.15, -0.1) is 0 Å². The topological polar surface area (TPSA) is 53.4 Å². The summed E-state index contributed by atoms with van der Waals surface area (Å²) in [5.74, 6) is -0.0954. The van der Waals surface area contributed by atoms with Gasteiger partial charge in [0.05, 0.1) is 0 Å². The van der Waals surface area contributed by atoms with E-state index in [0.717, 1.165) is 37.0 Å². The van der Waals surface area contributed by atoms with Crippen LogP contribution in [0.25, 0.3) is 6.08 Å². The highest BCUT2D eigenvalue weighted by Gasteiger charge is 2.14. The van der Waals surface area contributed by atoms with Crippen LogP contribution in [0.1, 0.15) is 18.9 Å². The largest absolute Gasteiger partial charge is 0.478 e. The maximum atomic E-state index is 10.6. The molecule has 4 nitrogen and oxygen atoms in total. The molecule has 0 spiro atoms. The van der Waals surface area contributed by atoms with Gasteiger partial charge in [0, 0.05) is 30.9 Å². The molecule has 0 amide bonds. The molecule has 0 unspecified atom stereocenters. The minimum absolute atomic E-state index is 0.842. The van der Waals surface area contributed by atoms with Crippen LogP contribution in [-0.2, 0) is 4.79 Å². The molecule has 0 bridgehead atoms. The highest BCUT2D eigenvalue weighted by atomic mass is 16.4. The first kappa shape index (κ1) is 12.4. The predicted molar refractivity (Wildman–Crippen MR) is 71.5 cm³/mol. The van der Waals surface area contributed by atoms with E-state index in [9.17, 15) is 4.79 Å². The highest BCUT2D eigenvalue weighted by molar-refractivity contribution is 5.86. The number of hydrogen-bond donors (Lipinski definition) is 1. The van der Waals surface area contributed by atoms with Crippen LogP contribution >= 0.6 is 0 Å². The Morgan fingerprint density at radius 2 is 2.39 bits per heavy atom. The molecule has 94 valence electrons. The van der Waals surface area contributed by atoms with E-state index in [0.29, 0.717) is 0 Å². The smallest absolute Gasteiger partial charge is 0.328 e. The standard InChI is InChI=1S/C14H16N2O2/c1-11-4-3-9-16(10-11)14-12(5-2-8-15-14)6-7-13(17)18/h2,4-8H,3,9-10H2,1H3,(H,17,18)/b7-6+. The number of carbonyl (C=O) groups is 1. The second kappa shape index (κ2) is 5.49. The molecule has 2 heterocycles. The fourth-order valence-corrected chi connectivity index (χ4v) is 2.06. The molecule has 0 aromatic carbocycles. The van der Waals surface area contributed by atoms with Crippen molar-refractivity contribution in [1.82, 2.24) is 4.98 Å². The lowest BCUT2D eigenvalue weighted by atomic mass is 10.1. The van der Waals surface area contributed by atoms with Gasteiger partial charge in [-0.2, -0.15) is 0 Å². The summed E-state index contributed by atoms with van der Waals surface area (Å²) in [5.41, 5.74) is 2.16. The summed E-state index contributed by atoms with van der Waals surface area (Å²) in [4.78, 5) is 17.1. The number of carboxylic acids is 1. The van der Waals surface area contributed by atoms with E-state index in [1.165, 1.54) is 5.57 Å². The van der Waals surface area contributed by atoms with Crippen molar-refractivity contribution in [3.8, 4) is 0 Å². The summed E-state index contributed by atoms with van der Waals surface area (Å²) in [7, 11) is 0. The first-order valence-corrected chi connectivity index (χ1v) is 5.93. The Kier molecular flexibility index (Phi) is 3.77. The Morgan fingerprint density at radius 3 is 3.11 bits per heavy atom. The van der Waals surface area contributed by atoms with Crippen LogP contribution in [-0.4, -0.2) is 29.1 Å². The summed E-state index contributed by atoms with van der Waals surface area (Å²) in [6.45, 7) is 3.87. The average Bonchev–Trinajstić information content (AvgIpc) is 2.36. The number of hydrogen-bond acceptors (Lipinski definition) is 3. The minimum Gasteiger partial charge on any atom is -0.478 e. The Labute approximate surface area is 106 Å². The molecule has 0 atom stereocenters. The van der Waals surface area contributed by atoms with Crippen molar-refractivity contribution in [2.75, 3.05) is 18.0 Å². The fourth-order valence-electron chi connectivity index (χ4n) is 2.06. The molecule has 1 aromatic rings. The van der Waals surface area contributed by atoms with Crippen LogP contribution in [0.2, 0.25) is 0 Å². The molecular weight excluding hydrogens is 228 g/mol. The third-order valence-electron chi connectivity index (χ3n) is 2.85. The number of rotatable bonds is 3. The molecule has 1 aliphatic rings. The van der Waals surface area contributed by atoms with Crippen molar-refractivity contribution in [2.24, 2.45) is 0 Å². The average molecular weight is 244 g/mol. The lowest BCUT2D eigenvalue weighted by Crippen LogP contribution is -2.30. The monoisotopic (exact) mass is 244 g/mol. The van der Waals surface area contributed by atoms with Gasteiger partial charge >= 0.3 is 5.97 Å². The van der Waals surface area contributed by atoms with Gasteiger partial charge in [-0.1, -0.05) is 11.6 Å². The lowest BCUT2D eigenvalue weighted by molar-refractivity contribution is -0.131. The van der Waals surface area contributed by atoms with E-state index in [4.69, 9.17) is 5.11 Å². The third-order valence-corrected chi connectivity index (χ3v) is 2.85. The van der Waals surface area contributed by atoms with E-state index < -0.39 is 5.97 Å². The van der Waals surface area contributed by atoms with Crippen LogP contribution < -0.4 is 4.90 Å². The van der Waals surface area contributed by atoms with E-state index in [-0.39, 0.29) is 0 Å². The molecule has 4 heteroatoms. The van der Waals surface area contributed by atoms with Crippen molar-refractivity contribution in [3.05, 3.63) is 41.6 Å². The van der Waals surface area contributed by atoms with E-state index >= 15 is 0 Å². The molecule has 1 N–H and O–H groups in total. The van der Waals surface area contributed by atoms with Crippen LogP contribution in [0.15, 0.2) is 36.1 Å². The van der Waals surface area contributed by atoms with Gasteiger partial charge in [-0.05, 0) is 31.6 Å². The number of pyridine rings is 1. The van der Waals surface area contributed by atoms with Gasteiger partial charge in [0.25, 0.3) is 0 Å². The zero-order chi connectivity index (χ0) is 13.0. The quantitative estimate of drug-likeness (QED) is 0.655. The third kappa shape index (κ3) is 2.97. The molecule has 0 radical (unpaired) electrons. The normalized spacial score (nSPS) is 15.8. The Morgan fingerprint density at radius 1 is 1.56 bits per heavy atom. The van der Waals surface area contributed by atoms with Crippen molar-refractivity contribution >= 4 is 17.9 Å². The molecule has 0 saturated carbocycles. The van der Waals surface area contributed by atoms with Gasteiger partial charge in [0.1, 0.15) is 5.82 Å². The molecule has 1 aromatic heterocycles. The Bertz CT molecular complexity index is 506. The van der Waals surface area contributed by atoms with E-state index in [2.05, 4.69) is 22.9 Å². The van der Waals surface area contributed by atoms with Crippen LogP contribution in [0.3, 0.4) is 0 Å². The van der Waals surface area contributed by atoms with Crippen LogP contribution in [0, 0.1) is 0 Å². The summed E-state index contributed by atoms with van der Waals surface area (Å²) >= 11 is 0. The maximum Gasteiger partial charge on any atom is 0.328 e. The van der Waals surface area contributed by atoms with Gasteiger partial charge in [-0.25, -0.2) is 9.78 Å². The van der Waals surface area contributed by atoms with Gasteiger partial charge in [-0.3, -0.25) is 0 Å². The molecule has 0 saturated heterocycles. The van der Waals surface area contributed by atoms with E-state index in [1.54, 1.807) is 12.3 Å². The molecule has 0 fully saturated rings. The lowest BCUT2D eigenvalue weighted by Gasteiger charge is -2.28. The number of aliphatic carboxylic acids is 1. The molecular formula is C14H16N2O2. The van der Waals surface area contributed by atoms with Crippen LogP contribution in [0.4, 0.5) is 5.82 Å². The zero-order valence-corrected chi connectivity index (χ0v) is 10.3. The van der Waals surface area contributed by atoms with Gasteiger partial charge in [0.15, 0.2) is 0 Å². The summed E-state index contributed by atoms with van der Waals surface area (Å²) in [6.07, 6.45) is 7.71. The number of carboxylic acid groups (broad SMARTS) is 1.